The molecule has 8 heavy (non-hydrogen) atoms. The van der Waals surface area contributed by atoms with E-state index < -0.39 is 0 Å². The molecule has 0 aromatic carbocycles. The summed E-state index contributed by atoms with van der Waals surface area (Å²) in [6.45, 7) is 3.23. The van der Waals surface area contributed by atoms with Crippen molar-refractivity contribution < 1.29 is 4.74 Å². The highest BCUT2D eigenvalue weighted by Gasteiger charge is 1.95. The Morgan fingerprint density at radius 1 is 1.50 bits per heavy atom. The molecule has 0 fully saturated rings. The fourth-order valence-corrected chi connectivity index (χ4v) is 0.495. The van der Waals surface area contributed by atoms with Crippen LogP contribution in [0.25, 0.3) is 0 Å². The number of halogens is 2. The Hall–Kier alpha value is 0.540. The van der Waals surface area contributed by atoms with Crippen molar-refractivity contribution in [3.8, 4) is 0 Å². The SMILES string of the molecule is CCCOCC(Cl)Cl. The van der Waals surface area contributed by atoms with E-state index in [0.29, 0.717) is 6.61 Å². The molecule has 0 saturated heterocycles. The molecule has 0 unspecified atom stereocenters. The lowest BCUT2D eigenvalue weighted by Crippen LogP contribution is -2.02. The van der Waals surface area contributed by atoms with Crippen LogP contribution in [0.1, 0.15) is 13.3 Å². The van der Waals surface area contributed by atoms with Gasteiger partial charge in [0.2, 0.25) is 0 Å². The van der Waals surface area contributed by atoms with Crippen LogP contribution in [-0.2, 0) is 4.74 Å². The Morgan fingerprint density at radius 3 is 2.50 bits per heavy atom. The van der Waals surface area contributed by atoms with Gasteiger partial charge >= 0.3 is 0 Å². The molecule has 0 aliphatic carbocycles. The Kier molecular flexibility index (Phi) is 6.06. The largest absolute Gasteiger partial charge is 0.379 e. The van der Waals surface area contributed by atoms with Crippen LogP contribution in [0.5, 0.6) is 0 Å². The number of rotatable bonds is 4. The lowest BCUT2D eigenvalue weighted by Gasteiger charge is -2.00. The molecule has 0 amide bonds. The van der Waals surface area contributed by atoms with Gasteiger partial charge in [-0.25, -0.2) is 0 Å². The molecule has 0 aliphatic heterocycles. The average Bonchev–Trinajstić information content (AvgIpc) is 1.66. The van der Waals surface area contributed by atoms with Crippen molar-refractivity contribution in [1.29, 1.82) is 0 Å². The highest BCUT2D eigenvalue weighted by atomic mass is 35.5. The standard InChI is InChI=1S/C5H10Cl2O/c1-2-3-8-4-5(6)7/h5H,2-4H2,1H3. The highest BCUT2D eigenvalue weighted by Crippen LogP contribution is 2.00. The summed E-state index contributed by atoms with van der Waals surface area (Å²) in [7, 11) is 0. The molecule has 0 saturated carbocycles. The maximum atomic E-state index is 5.35. The van der Waals surface area contributed by atoms with E-state index in [9.17, 15) is 0 Å². The normalized spacial score (nSPS) is 10.5. The summed E-state index contributed by atoms with van der Waals surface area (Å²) >= 11 is 10.7. The van der Waals surface area contributed by atoms with E-state index in [2.05, 4.69) is 0 Å². The molecule has 0 aliphatic rings. The average molecular weight is 157 g/mol. The van der Waals surface area contributed by atoms with Gasteiger partial charge in [-0.15, -0.1) is 23.2 Å². The van der Waals surface area contributed by atoms with Crippen LogP contribution < -0.4 is 0 Å². The van der Waals surface area contributed by atoms with Gasteiger partial charge in [-0.05, 0) is 6.42 Å². The van der Waals surface area contributed by atoms with Crippen LogP contribution in [0.4, 0.5) is 0 Å². The Balaban J connectivity index is 2.72. The molecule has 0 bridgehead atoms. The van der Waals surface area contributed by atoms with Crippen molar-refractivity contribution in [3.63, 3.8) is 0 Å². The van der Waals surface area contributed by atoms with Crippen molar-refractivity contribution in [2.24, 2.45) is 0 Å². The molecule has 0 rings (SSSR count). The predicted molar refractivity (Wildman–Crippen MR) is 36.6 cm³/mol. The molecule has 0 aromatic rings. The Labute approximate surface area is 59.9 Å². The summed E-state index contributed by atoms with van der Waals surface area (Å²) in [5.41, 5.74) is 0. The summed E-state index contributed by atoms with van der Waals surface area (Å²) in [5, 5.41) is 0. The van der Waals surface area contributed by atoms with Crippen LogP contribution in [0.2, 0.25) is 0 Å². The van der Waals surface area contributed by atoms with E-state index in [1.165, 1.54) is 0 Å². The summed E-state index contributed by atoms with van der Waals surface area (Å²) in [5.74, 6) is 0. The first kappa shape index (κ1) is 8.54. The summed E-state index contributed by atoms with van der Waals surface area (Å²) in [6.07, 6.45) is 1.01. The van der Waals surface area contributed by atoms with Crippen molar-refractivity contribution in [2.45, 2.75) is 18.2 Å². The van der Waals surface area contributed by atoms with Crippen molar-refractivity contribution in [2.75, 3.05) is 13.2 Å². The van der Waals surface area contributed by atoms with Crippen molar-refractivity contribution in [3.05, 3.63) is 0 Å². The van der Waals surface area contributed by atoms with Gasteiger partial charge in [0.25, 0.3) is 0 Å². The van der Waals surface area contributed by atoms with Crippen LogP contribution in [0.3, 0.4) is 0 Å². The van der Waals surface area contributed by atoms with Gasteiger partial charge in [0.1, 0.15) is 4.84 Å². The molecule has 0 heterocycles. The molecular weight excluding hydrogens is 147 g/mol. The van der Waals surface area contributed by atoms with E-state index in [-0.39, 0.29) is 4.84 Å². The van der Waals surface area contributed by atoms with Crippen LogP contribution in [0.15, 0.2) is 0 Å². The maximum Gasteiger partial charge on any atom is 0.131 e. The summed E-state index contributed by atoms with van der Waals surface area (Å²) in [6, 6.07) is 0. The molecular formula is C5H10Cl2O. The first-order valence-electron chi connectivity index (χ1n) is 2.63. The van der Waals surface area contributed by atoms with Gasteiger partial charge in [-0.1, -0.05) is 6.92 Å². The van der Waals surface area contributed by atoms with Gasteiger partial charge in [0.05, 0.1) is 6.61 Å². The third-order valence-electron chi connectivity index (χ3n) is 0.592. The van der Waals surface area contributed by atoms with E-state index in [4.69, 9.17) is 27.9 Å². The third kappa shape index (κ3) is 6.54. The zero-order chi connectivity index (χ0) is 6.41. The van der Waals surface area contributed by atoms with E-state index >= 15 is 0 Å². The van der Waals surface area contributed by atoms with Crippen molar-refractivity contribution in [1.82, 2.24) is 0 Å². The van der Waals surface area contributed by atoms with Crippen molar-refractivity contribution >= 4 is 23.2 Å². The third-order valence-corrected chi connectivity index (χ3v) is 0.844. The van der Waals surface area contributed by atoms with Gasteiger partial charge < -0.3 is 4.74 Å². The van der Waals surface area contributed by atoms with Gasteiger partial charge in [-0.3, -0.25) is 0 Å². The molecule has 0 aromatic heterocycles. The molecule has 50 valence electrons. The zero-order valence-electron chi connectivity index (χ0n) is 4.86. The van der Waals surface area contributed by atoms with Crippen LogP contribution >= 0.6 is 23.2 Å². The fraction of sp³-hybridized carbons (Fsp3) is 1.00. The number of ether oxygens (including phenoxy) is 1. The number of alkyl halides is 2. The van der Waals surface area contributed by atoms with Crippen LogP contribution in [-0.4, -0.2) is 18.1 Å². The second-order valence-electron chi connectivity index (χ2n) is 1.47. The van der Waals surface area contributed by atoms with Gasteiger partial charge in [0.15, 0.2) is 0 Å². The molecule has 0 radical (unpaired) electrons. The highest BCUT2D eigenvalue weighted by molar-refractivity contribution is 6.44. The quantitative estimate of drug-likeness (QED) is 0.449. The first-order chi connectivity index (χ1) is 3.77. The Bertz CT molecular complexity index is 47.7. The predicted octanol–water partition coefficient (Wildman–Crippen LogP) is 2.22. The molecule has 0 N–H and O–H groups in total. The molecule has 1 nitrogen and oxygen atoms in total. The minimum Gasteiger partial charge on any atom is -0.379 e. The number of hydrogen-bond acceptors (Lipinski definition) is 1. The van der Waals surface area contributed by atoms with E-state index in [1.54, 1.807) is 0 Å². The monoisotopic (exact) mass is 156 g/mol. The minimum atomic E-state index is -0.374. The minimum absolute atomic E-state index is 0.374. The molecule has 0 spiro atoms. The van der Waals surface area contributed by atoms with Gasteiger partial charge in [0, 0.05) is 6.61 Å². The number of hydrogen-bond donors (Lipinski definition) is 0. The van der Waals surface area contributed by atoms with Crippen LogP contribution in [0, 0.1) is 0 Å². The van der Waals surface area contributed by atoms with Gasteiger partial charge in [-0.2, -0.15) is 0 Å². The molecule has 0 atom stereocenters. The zero-order valence-corrected chi connectivity index (χ0v) is 6.37. The summed E-state index contributed by atoms with van der Waals surface area (Å²) < 4.78 is 4.98. The lowest BCUT2D eigenvalue weighted by atomic mass is 10.5. The maximum absolute atomic E-state index is 5.35. The summed E-state index contributed by atoms with van der Waals surface area (Å²) in [4.78, 5) is -0.374. The Morgan fingerprint density at radius 2 is 2.12 bits per heavy atom. The first-order valence-corrected chi connectivity index (χ1v) is 3.50. The second-order valence-corrected chi connectivity index (χ2v) is 2.74. The fourth-order valence-electron chi connectivity index (χ4n) is 0.317. The van der Waals surface area contributed by atoms with E-state index in [0.717, 1.165) is 13.0 Å². The molecule has 3 heteroatoms. The second kappa shape index (κ2) is 5.67. The van der Waals surface area contributed by atoms with E-state index in [1.807, 2.05) is 6.92 Å². The lowest BCUT2D eigenvalue weighted by molar-refractivity contribution is 0.145. The smallest absolute Gasteiger partial charge is 0.131 e. The topological polar surface area (TPSA) is 9.23 Å².